The van der Waals surface area contributed by atoms with Gasteiger partial charge in [0.05, 0.1) is 10.6 Å². The molecule has 8 heteroatoms. The first-order chi connectivity index (χ1) is 11.7. The Kier molecular flexibility index (Phi) is 6.31. The first kappa shape index (κ1) is 19.6. The molecule has 0 aliphatic heterocycles. The highest BCUT2D eigenvalue weighted by Gasteiger charge is 2.27. The third-order valence-corrected chi connectivity index (χ3v) is 5.86. The molecule has 0 unspecified atom stereocenters. The fourth-order valence-corrected chi connectivity index (χ4v) is 4.16. The maximum absolute atomic E-state index is 12.6. The highest BCUT2D eigenvalue weighted by molar-refractivity contribution is 7.89. The van der Waals surface area contributed by atoms with Crippen LogP contribution in [0.1, 0.15) is 31.5 Å². The summed E-state index contributed by atoms with van der Waals surface area (Å²) in [6.45, 7) is 7.59. The highest BCUT2D eigenvalue weighted by atomic mass is 32.2. The van der Waals surface area contributed by atoms with Gasteiger partial charge < -0.3 is 5.32 Å². The summed E-state index contributed by atoms with van der Waals surface area (Å²) in [6, 6.07) is 5.66. The van der Waals surface area contributed by atoms with Crippen LogP contribution in [0.15, 0.2) is 34.5 Å². The molecule has 1 aromatic carbocycles. The third-order valence-electron chi connectivity index (χ3n) is 3.50. The zero-order chi connectivity index (χ0) is 18.6. The van der Waals surface area contributed by atoms with Crippen LogP contribution < -0.4 is 10.0 Å². The van der Waals surface area contributed by atoms with Gasteiger partial charge in [0, 0.05) is 5.38 Å². The number of hydrogen-bond donors (Lipinski definition) is 2. The number of aryl methyl sites for hydroxylation is 2. The van der Waals surface area contributed by atoms with E-state index in [1.54, 1.807) is 12.1 Å². The highest BCUT2D eigenvalue weighted by Crippen LogP contribution is 2.17. The average molecular weight is 382 g/mol. The first-order valence-corrected chi connectivity index (χ1v) is 10.4. The lowest BCUT2D eigenvalue weighted by Gasteiger charge is -2.19. The van der Waals surface area contributed by atoms with Crippen molar-refractivity contribution in [3.05, 3.63) is 40.9 Å². The summed E-state index contributed by atoms with van der Waals surface area (Å²) in [5.74, 6) is -0.256. The summed E-state index contributed by atoms with van der Waals surface area (Å²) in [5, 5.41) is 4.98. The number of carbonyl (C=O) groups excluding carboxylic acids is 1. The molecule has 1 amide bonds. The van der Waals surface area contributed by atoms with Crippen molar-refractivity contribution >= 4 is 32.4 Å². The summed E-state index contributed by atoms with van der Waals surface area (Å²) in [5.41, 5.74) is 1.77. The Morgan fingerprint density at radius 2 is 1.84 bits per heavy atom. The van der Waals surface area contributed by atoms with Crippen molar-refractivity contribution in [1.82, 2.24) is 9.71 Å². The quantitative estimate of drug-likeness (QED) is 0.771. The van der Waals surface area contributed by atoms with Gasteiger partial charge in [-0.25, -0.2) is 13.4 Å². The number of amides is 1. The molecule has 0 aliphatic carbocycles. The minimum absolute atomic E-state index is 0.143. The Labute approximate surface area is 152 Å². The Balaban J connectivity index is 2.18. The number of carbonyl (C=O) groups is 1. The standard InChI is InChI=1S/C17H23N3O3S2/c1-11(2)9-15(16(21)19-17-18-13(4)10-24-17)20-25(22,23)14-7-5-12(3)6-8-14/h5-8,10-11,15,20H,9H2,1-4H3,(H,18,19,21)/t15-/m1/s1. The van der Waals surface area contributed by atoms with Gasteiger partial charge in [-0.1, -0.05) is 31.5 Å². The Hall–Kier alpha value is -1.77. The summed E-state index contributed by atoms with van der Waals surface area (Å²) >= 11 is 1.31. The van der Waals surface area contributed by atoms with Crippen molar-refractivity contribution < 1.29 is 13.2 Å². The topological polar surface area (TPSA) is 88.2 Å². The number of hydrogen-bond acceptors (Lipinski definition) is 5. The van der Waals surface area contributed by atoms with Crippen LogP contribution in [0.4, 0.5) is 5.13 Å². The van der Waals surface area contributed by atoms with E-state index in [9.17, 15) is 13.2 Å². The molecule has 2 aromatic rings. The summed E-state index contributed by atoms with van der Waals surface area (Å²) in [7, 11) is -3.78. The van der Waals surface area contributed by atoms with Crippen molar-refractivity contribution in [2.45, 2.75) is 45.1 Å². The van der Waals surface area contributed by atoms with E-state index in [0.29, 0.717) is 11.6 Å². The number of rotatable bonds is 7. The van der Waals surface area contributed by atoms with Gasteiger partial charge >= 0.3 is 0 Å². The predicted octanol–water partition coefficient (Wildman–Crippen LogP) is 3.09. The van der Waals surface area contributed by atoms with Crippen molar-refractivity contribution in [1.29, 1.82) is 0 Å². The summed E-state index contributed by atoms with van der Waals surface area (Å²) < 4.78 is 27.7. The lowest BCUT2D eigenvalue weighted by Crippen LogP contribution is -2.44. The molecule has 1 atom stereocenters. The first-order valence-electron chi connectivity index (χ1n) is 7.99. The molecule has 2 N–H and O–H groups in total. The molecular weight excluding hydrogens is 358 g/mol. The van der Waals surface area contributed by atoms with Crippen LogP contribution in [-0.2, 0) is 14.8 Å². The van der Waals surface area contributed by atoms with Crippen LogP contribution in [0.5, 0.6) is 0 Å². The van der Waals surface area contributed by atoms with Gasteiger partial charge in [-0.05, 0) is 38.3 Å². The number of nitrogens with one attached hydrogen (secondary N) is 2. The van der Waals surface area contributed by atoms with Gasteiger partial charge in [0.1, 0.15) is 6.04 Å². The zero-order valence-electron chi connectivity index (χ0n) is 14.7. The maximum atomic E-state index is 12.6. The second-order valence-corrected chi connectivity index (χ2v) is 8.97. The molecule has 0 spiro atoms. The molecule has 1 heterocycles. The van der Waals surface area contributed by atoms with Crippen LogP contribution in [0.25, 0.3) is 0 Å². The molecule has 25 heavy (non-hydrogen) atoms. The van der Waals surface area contributed by atoms with Crippen LogP contribution >= 0.6 is 11.3 Å². The van der Waals surface area contributed by atoms with Gasteiger partial charge in [-0.3, -0.25) is 4.79 Å². The van der Waals surface area contributed by atoms with E-state index in [4.69, 9.17) is 0 Å². The van der Waals surface area contributed by atoms with Crippen LogP contribution in [0.3, 0.4) is 0 Å². The second kappa shape index (κ2) is 8.07. The van der Waals surface area contributed by atoms with E-state index in [-0.39, 0.29) is 10.8 Å². The summed E-state index contributed by atoms with van der Waals surface area (Å²) in [6.07, 6.45) is 0.390. The van der Waals surface area contributed by atoms with E-state index in [2.05, 4.69) is 15.0 Å². The Morgan fingerprint density at radius 1 is 1.20 bits per heavy atom. The largest absolute Gasteiger partial charge is 0.301 e. The molecule has 0 saturated carbocycles. The number of thiazole rings is 1. The molecule has 0 saturated heterocycles. The molecule has 6 nitrogen and oxygen atoms in total. The number of nitrogens with zero attached hydrogens (tertiary/aromatic N) is 1. The van der Waals surface area contributed by atoms with Crippen molar-refractivity contribution in [2.75, 3.05) is 5.32 Å². The van der Waals surface area contributed by atoms with Gasteiger partial charge in [0.15, 0.2) is 5.13 Å². The van der Waals surface area contributed by atoms with Gasteiger partial charge in [-0.15, -0.1) is 11.3 Å². The minimum Gasteiger partial charge on any atom is -0.301 e. The molecule has 0 fully saturated rings. The number of aromatic nitrogens is 1. The van der Waals surface area contributed by atoms with Crippen LogP contribution in [-0.4, -0.2) is 25.4 Å². The van der Waals surface area contributed by atoms with Gasteiger partial charge in [0.25, 0.3) is 0 Å². The Morgan fingerprint density at radius 3 is 2.36 bits per heavy atom. The number of sulfonamides is 1. The third kappa shape index (κ3) is 5.62. The Bertz CT molecular complexity index is 827. The summed E-state index contributed by atoms with van der Waals surface area (Å²) in [4.78, 5) is 16.9. The molecule has 0 bridgehead atoms. The fourth-order valence-electron chi connectivity index (χ4n) is 2.26. The molecule has 136 valence electrons. The molecule has 2 rings (SSSR count). The van der Waals surface area contributed by atoms with Crippen LogP contribution in [0, 0.1) is 19.8 Å². The fraction of sp³-hybridized carbons (Fsp3) is 0.412. The normalized spacial score (nSPS) is 13.0. The molecule has 0 radical (unpaired) electrons. The van der Waals surface area contributed by atoms with E-state index >= 15 is 0 Å². The monoisotopic (exact) mass is 381 g/mol. The zero-order valence-corrected chi connectivity index (χ0v) is 16.4. The minimum atomic E-state index is -3.78. The lowest BCUT2D eigenvalue weighted by atomic mass is 10.0. The molecule has 1 aromatic heterocycles. The van der Waals surface area contributed by atoms with E-state index < -0.39 is 22.0 Å². The van der Waals surface area contributed by atoms with Crippen molar-refractivity contribution in [3.8, 4) is 0 Å². The molecule has 0 aliphatic rings. The van der Waals surface area contributed by atoms with Crippen LogP contribution in [0.2, 0.25) is 0 Å². The maximum Gasteiger partial charge on any atom is 0.244 e. The predicted molar refractivity (Wildman–Crippen MR) is 100 cm³/mol. The number of anilines is 1. The second-order valence-electron chi connectivity index (χ2n) is 6.40. The SMILES string of the molecule is Cc1ccc(S(=O)(=O)N[C@H](CC(C)C)C(=O)Nc2nc(C)cs2)cc1. The van der Waals surface area contributed by atoms with Gasteiger partial charge in [-0.2, -0.15) is 4.72 Å². The number of benzene rings is 1. The van der Waals surface area contributed by atoms with E-state index in [0.717, 1.165) is 11.3 Å². The van der Waals surface area contributed by atoms with E-state index in [1.807, 2.05) is 33.1 Å². The van der Waals surface area contributed by atoms with Crippen molar-refractivity contribution in [2.24, 2.45) is 5.92 Å². The van der Waals surface area contributed by atoms with E-state index in [1.165, 1.54) is 23.5 Å². The smallest absolute Gasteiger partial charge is 0.244 e. The average Bonchev–Trinajstić information content (AvgIpc) is 2.91. The lowest BCUT2D eigenvalue weighted by molar-refractivity contribution is -0.118. The van der Waals surface area contributed by atoms with Crippen molar-refractivity contribution in [3.63, 3.8) is 0 Å². The molecular formula is C17H23N3O3S2. The van der Waals surface area contributed by atoms with Gasteiger partial charge in [0.2, 0.25) is 15.9 Å².